The lowest BCUT2D eigenvalue weighted by Gasteiger charge is -2.17. The van der Waals surface area contributed by atoms with Crippen molar-refractivity contribution >= 4 is 11.8 Å². The number of carbonyl (C=O) groups is 2. The molecule has 100 valence electrons. The molecule has 4 nitrogen and oxygen atoms in total. The largest absolute Gasteiger partial charge is 0.273 e. The Labute approximate surface area is 112 Å². The highest BCUT2D eigenvalue weighted by atomic mass is 16.2. The molecule has 1 aromatic rings. The van der Waals surface area contributed by atoms with Gasteiger partial charge in [-0.2, -0.15) is 0 Å². The summed E-state index contributed by atoms with van der Waals surface area (Å²) in [7, 11) is 0. The van der Waals surface area contributed by atoms with Gasteiger partial charge in [-0.15, -0.1) is 0 Å². The molecule has 0 aromatic heterocycles. The first kappa shape index (κ1) is 13.3. The summed E-state index contributed by atoms with van der Waals surface area (Å²) < 4.78 is 0. The van der Waals surface area contributed by atoms with Crippen molar-refractivity contribution in [1.82, 2.24) is 10.9 Å². The van der Waals surface area contributed by atoms with Crippen molar-refractivity contribution in [2.45, 2.75) is 25.7 Å². The molecule has 0 spiro atoms. The lowest BCUT2D eigenvalue weighted by molar-refractivity contribution is -0.131. The lowest BCUT2D eigenvalue weighted by Crippen LogP contribution is -2.45. The summed E-state index contributed by atoms with van der Waals surface area (Å²) in [5.74, 6) is -0.335. The first-order valence-electron chi connectivity index (χ1n) is 6.53. The summed E-state index contributed by atoms with van der Waals surface area (Å²) in [6.45, 7) is 0. The molecule has 4 heteroatoms. The molecule has 0 saturated heterocycles. The van der Waals surface area contributed by atoms with Crippen LogP contribution in [0.15, 0.2) is 42.5 Å². The zero-order valence-electron chi connectivity index (χ0n) is 10.8. The van der Waals surface area contributed by atoms with E-state index in [1.807, 2.05) is 36.4 Å². The second-order valence-corrected chi connectivity index (χ2v) is 4.68. The molecule has 2 amide bonds. The smallest absolute Gasteiger partial charge is 0.242 e. The molecule has 0 fully saturated rings. The standard InChI is InChI=1S/C15H18N2O2/c18-14(11-12-7-3-1-4-8-12)16-17-15(19)13-9-5-2-6-10-13/h1-5,7-8,13H,6,9-11H2,(H,16,18)(H,17,19). The van der Waals surface area contributed by atoms with Crippen molar-refractivity contribution in [3.8, 4) is 0 Å². The molecule has 1 atom stereocenters. The molecule has 0 heterocycles. The highest BCUT2D eigenvalue weighted by Gasteiger charge is 2.18. The van der Waals surface area contributed by atoms with Crippen LogP contribution in [0.4, 0.5) is 0 Å². The van der Waals surface area contributed by atoms with E-state index in [0.717, 1.165) is 24.8 Å². The minimum absolute atomic E-state index is 0.0259. The van der Waals surface area contributed by atoms with E-state index in [9.17, 15) is 9.59 Å². The van der Waals surface area contributed by atoms with Crippen LogP contribution in [-0.2, 0) is 16.0 Å². The quantitative estimate of drug-likeness (QED) is 0.641. The molecule has 0 saturated carbocycles. The molecule has 1 aromatic carbocycles. The van der Waals surface area contributed by atoms with Crippen LogP contribution in [0.25, 0.3) is 0 Å². The number of allylic oxidation sites excluding steroid dienone is 2. The molecule has 0 radical (unpaired) electrons. The molecule has 0 aliphatic heterocycles. The van der Waals surface area contributed by atoms with E-state index in [2.05, 4.69) is 16.9 Å². The van der Waals surface area contributed by atoms with E-state index in [1.165, 1.54) is 0 Å². The normalized spacial score (nSPS) is 17.8. The Bertz CT molecular complexity index is 468. The summed E-state index contributed by atoms with van der Waals surface area (Å²) in [4.78, 5) is 23.5. The molecule has 1 unspecified atom stereocenters. The Kier molecular flexibility index (Phi) is 4.72. The van der Waals surface area contributed by atoms with Crippen molar-refractivity contribution in [3.05, 3.63) is 48.0 Å². The summed E-state index contributed by atoms with van der Waals surface area (Å²) in [5, 5.41) is 0. The predicted molar refractivity (Wildman–Crippen MR) is 72.9 cm³/mol. The van der Waals surface area contributed by atoms with Gasteiger partial charge in [0.2, 0.25) is 11.8 Å². The van der Waals surface area contributed by atoms with E-state index < -0.39 is 0 Å². The first-order chi connectivity index (χ1) is 9.25. The number of carbonyl (C=O) groups excluding carboxylic acids is 2. The van der Waals surface area contributed by atoms with E-state index in [1.54, 1.807) is 0 Å². The third kappa shape index (κ3) is 4.25. The maximum absolute atomic E-state index is 11.8. The number of rotatable bonds is 3. The Morgan fingerprint density at radius 3 is 2.58 bits per heavy atom. The van der Waals surface area contributed by atoms with Crippen LogP contribution in [0.3, 0.4) is 0 Å². The van der Waals surface area contributed by atoms with Gasteiger partial charge in [-0.1, -0.05) is 42.5 Å². The van der Waals surface area contributed by atoms with Gasteiger partial charge >= 0.3 is 0 Å². The predicted octanol–water partition coefficient (Wildman–Crippen LogP) is 1.73. The van der Waals surface area contributed by atoms with Gasteiger partial charge in [0.05, 0.1) is 6.42 Å². The maximum Gasteiger partial charge on any atom is 0.242 e. The zero-order valence-corrected chi connectivity index (χ0v) is 10.8. The monoisotopic (exact) mass is 258 g/mol. The average Bonchev–Trinajstić information content (AvgIpc) is 2.47. The van der Waals surface area contributed by atoms with Crippen LogP contribution in [-0.4, -0.2) is 11.8 Å². The number of hydrazine groups is 1. The maximum atomic E-state index is 11.8. The number of nitrogens with one attached hydrogen (secondary N) is 2. The first-order valence-corrected chi connectivity index (χ1v) is 6.53. The number of hydrogen-bond donors (Lipinski definition) is 2. The highest BCUT2D eigenvalue weighted by Crippen LogP contribution is 2.17. The van der Waals surface area contributed by atoms with Crippen molar-refractivity contribution < 1.29 is 9.59 Å². The Morgan fingerprint density at radius 1 is 1.11 bits per heavy atom. The van der Waals surface area contributed by atoms with Gasteiger partial charge in [0.1, 0.15) is 0 Å². The molecule has 2 rings (SSSR count). The second-order valence-electron chi connectivity index (χ2n) is 4.68. The fourth-order valence-corrected chi connectivity index (χ4v) is 2.09. The van der Waals surface area contributed by atoms with Gasteiger partial charge in [0.25, 0.3) is 0 Å². The molecule has 2 N–H and O–H groups in total. The minimum atomic E-state index is -0.203. The summed E-state index contributed by atoms with van der Waals surface area (Å²) >= 11 is 0. The summed E-state index contributed by atoms with van der Waals surface area (Å²) in [6, 6.07) is 9.44. The van der Waals surface area contributed by atoms with E-state index in [-0.39, 0.29) is 24.2 Å². The van der Waals surface area contributed by atoms with E-state index in [4.69, 9.17) is 0 Å². The summed E-state index contributed by atoms with van der Waals surface area (Å²) in [5.41, 5.74) is 5.89. The van der Waals surface area contributed by atoms with Gasteiger partial charge in [0, 0.05) is 5.92 Å². The van der Waals surface area contributed by atoms with Crippen LogP contribution in [0.2, 0.25) is 0 Å². The highest BCUT2D eigenvalue weighted by molar-refractivity contribution is 5.84. The molecule has 1 aliphatic carbocycles. The minimum Gasteiger partial charge on any atom is -0.273 e. The van der Waals surface area contributed by atoms with Gasteiger partial charge in [-0.3, -0.25) is 20.4 Å². The van der Waals surface area contributed by atoms with Crippen LogP contribution >= 0.6 is 0 Å². The van der Waals surface area contributed by atoms with Crippen LogP contribution < -0.4 is 10.9 Å². The van der Waals surface area contributed by atoms with Gasteiger partial charge in [-0.25, -0.2) is 0 Å². The van der Waals surface area contributed by atoms with Crippen LogP contribution in [0.5, 0.6) is 0 Å². The van der Waals surface area contributed by atoms with Crippen molar-refractivity contribution in [2.24, 2.45) is 5.92 Å². The Morgan fingerprint density at radius 2 is 1.89 bits per heavy atom. The number of amides is 2. The fourth-order valence-electron chi connectivity index (χ4n) is 2.09. The van der Waals surface area contributed by atoms with Crippen LogP contribution in [0.1, 0.15) is 24.8 Å². The molecule has 1 aliphatic rings. The van der Waals surface area contributed by atoms with Gasteiger partial charge in [-0.05, 0) is 24.8 Å². The Hall–Kier alpha value is -2.10. The summed E-state index contributed by atoms with van der Waals surface area (Å²) in [6.07, 6.45) is 6.89. The molecule has 0 bridgehead atoms. The van der Waals surface area contributed by atoms with E-state index in [0.29, 0.717) is 0 Å². The van der Waals surface area contributed by atoms with Gasteiger partial charge < -0.3 is 0 Å². The van der Waals surface area contributed by atoms with Crippen molar-refractivity contribution in [2.75, 3.05) is 0 Å². The molecular formula is C15H18N2O2. The lowest BCUT2D eigenvalue weighted by atomic mass is 9.94. The third-order valence-electron chi connectivity index (χ3n) is 3.17. The fraction of sp³-hybridized carbons (Fsp3) is 0.333. The average molecular weight is 258 g/mol. The Balaban J connectivity index is 1.74. The van der Waals surface area contributed by atoms with Crippen molar-refractivity contribution in [1.29, 1.82) is 0 Å². The second kappa shape index (κ2) is 6.73. The number of benzene rings is 1. The number of hydrogen-bond acceptors (Lipinski definition) is 2. The molecular weight excluding hydrogens is 240 g/mol. The van der Waals surface area contributed by atoms with E-state index >= 15 is 0 Å². The van der Waals surface area contributed by atoms with Crippen molar-refractivity contribution in [3.63, 3.8) is 0 Å². The van der Waals surface area contributed by atoms with Crippen LogP contribution in [0, 0.1) is 5.92 Å². The zero-order chi connectivity index (χ0) is 13.5. The SMILES string of the molecule is O=C(Cc1ccccc1)NNC(=O)C1CC=CCC1. The van der Waals surface area contributed by atoms with Gasteiger partial charge in [0.15, 0.2) is 0 Å². The third-order valence-corrected chi connectivity index (χ3v) is 3.17. The molecule has 19 heavy (non-hydrogen) atoms. The topological polar surface area (TPSA) is 58.2 Å².